The minimum absolute atomic E-state index is 0.0653. The lowest BCUT2D eigenvalue weighted by atomic mass is 9.96. The van der Waals surface area contributed by atoms with Crippen molar-refractivity contribution in [3.63, 3.8) is 0 Å². The highest BCUT2D eigenvalue weighted by Crippen LogP contribution is 2.32. The Hall–Kier alpha value is -1.25. The molecule has 0 aliphatic heterocycles. The molecule has 2 rings (SSSR count). The van der Waals surface area contributed by atoms with Crippen molar-refractivity contribution >= 4 is 11.6 Å². The molecular weight excluding hydrogens is 246 g/mol. The predicted octanol–water partition coefficient (Wildman–Crippen LogP) is 4.17. The van der Waals surface area contributed by atoms with Crippen LogP contribution in [-0.2, 0) is 0 Å². The fourth-order valence-corrected chi connectivity index (χ4v) is 2.52. The monoisotopic (exact) mass is 263 g/mol. The predicted molar refractivity (Wildman–Crippen MR) is 75.3 cm³/mol. The first kappa shape index (κ1) is 13.2. The molecule has 1 aromatic carbocycles. The van der Waals surface area contributed by atoms with Crippen LogP contribution in [0.2, 0.25) is 5.02 Å². The summed E-state index contributed by atoms with van der Waals surface area (Å²) in [6, 6.07) is 6.22. The summed E-state index contributed by atoms with van der Waals surface area (Å²) >= 11 is 6.37. The average molecular weight is 264 g/mol. The highest BCUT2D eigenvalue weighted by molar-refractivity contribution is 6.31. The summed E-state index contributed by atoms with van der Waals surface area (Å²) in [5.74, 6) is 0.920. The first-order valence-electron chi connectivity index (χ1n) is 6.02. The van der Waals surface area contributed by atoms with E-state index in [9.17, 15) is 0 Å². The molecule has 0 saturated heterocycles. The largest absolute Gasteiger partial charge is 0.469 e. The molecule has 0 saturated carbocycles. The highest BCUT2D eigenvalue weighted by Gasteiger charge is 2.19. The Morgan fingerprint density at radius 3 is 2.33 bits per heavy atom. The third-order valence-electron chi connectivity index (χ3n) is 3.42. The second kappa shape index (κ2) is 5.17. The van der Waals surface area contributed by atoms with E-state index < -0.39 is 0 Å². The van der Waals surface area contributed by atoms with E-state index in [0.29, 0.717) is 0 Å². The Morgan fingerprint density at radius 2 is 1.78 bits per heavy atom. The number of benzene rings is 1. The summed E-state index contributed by atoms with van der Waals surface area (Å²) < 4.78 is 5.38. The van der Waals surface area contributed by atoms with Crippen LogP contribution >= 0.6 is 11.6 Å². The van der Waals surface area contributed by atoms with Gasteiger partial charge in [-0.2, -0.15) is 0 Å². The van der Waals surface area contributed by atoms with Gasteiger partial charge in [0.15, 0.2) is 0 Å². The summed E-state index contributed by atoms with van der Waals surface area (Å²) in [5, 5.41) is 4.09. The quantitative estimate of drug-likeness (QED) is 0.899. The van der Waals surface area contributed by atoms with Gasteiger partial charge in [0.2, 0.25) is 0 Å². The van der Waals surface area contributed by atoms with E-state index >= 15 is 0 Å². The van der Waals surface area contributed by atoms with Gasteiger partial charge >= 0.3 is 0 Å². The van der Waals surface area contributed by atoms with E-state index in [0.717, 1.165) is 21.9 Å². The van der Waals surface area contributed by atoms with Gasteiger partial charge in [-0.05, 0) is 56.6 Å². The molecule has 18 heavy (non-hydrogen) atoms. The third-order valence-corrected chi connectivity index (χ3v) is 3.75. The lowest BCUT2D eigenvalue weighted by Gasteiger charge is -2.19. The topological polar surface area (TPSA) is 25.2 Å². The van der Waals surface area contributed by atoms with Crippen LogP contribution < -0.4 is 5.32 Å². The van der Waals surface area contributed by atoms with Gasteiger partial charge in [0, 0.05) is 10.6 Å². The molecule has 1 heterocycles. The molecular formula is C15H18ClNO. The van der Waals surface area contributed by atoms with Crippen LogP contribution in [0.25, 0.3) is 0 Å². The molecule has 3 heteroatoms. The normalized spacial score (nSPS) is 12.7. The maximum atomic E-state index is 6.37. The second-order valence-electron chi connectivity index (χ2n) is 4.61. The Morgan fingerprint density at radius 1 is 1.11 bits per heavy atom. The number of rotatable bonds is 3. The number of halogens is 1. The Labute approximate surface area is 113 Å². The van der Waals surface area contributed by atoms with Crippen molar-refractivity contribution in [2.24, 2.45) is 0 Å². The van der Waals surface area contributed by atoms with Crippen LogP contribution in [0.15, 0.2) is 28.9 Å². The fraction of sp³-hybridized carbons (Fsp3) is 0.333. The minimum atomic E-state index is 0.0653. The SMILES string of the molecule is CNC(c1cc(C)c(C)cc1Cl)c1ccoc1C. The smallest absolute Gasteiger partial charge is 0.105 e. The zero-order valence-corrected chi connectivity index (χ0v) is 11.9. The standard InChI is InChI=1S/C15H18ClNO/c1-9-7-13(14(16)8-10(9)2)15(17-4)12-5-6-18-11(12)3/h5-8,15,17H,1-4H3. The van der Waals surface area contributed by atoms with Crippen LogP contribution in [0.3, 0.4) is 0 Å². The van der Waals surface area contributed by atoms with E-state index in [1.807, 2.05) is 26.1 Å². The van der Waals surface area contributed by atoms with E-state index in [2.05, 4.69) is 25.2 Å². The van der Waals surface area contributed by atoms with Crippen molar-refractivity contribution in [1.29, 1.82) is 0 Å². The number of hydrogen-bond acceptors (Lipinski definition) is 2. The van der Waals surface area contributed by atoms with Crippen molar-refractivity contribution in [3.8, 4) is 0 Å². The van der Waals surface area contributed by atoms with E-state index in [1.54, 1.807) is 6.26 Å². The lowest BCUT2D eigenvalue weighted by molar-refractivity contribution is 0.523. The zero-order chi connectivity index (χ0) is 13.3. The van der Waals surface area contributed by atoms with Crippen molar-refractivity contribution in [3.05, 3.63) is 57.5 Å². The maximum absolute atomic E-state index is 6.37. The van der Waals surface area contributed by atoms with E-state index in [-0.39, 0.29) is 6.04 Å². The van der Waals surface area contributed by atoms with Gasteiger partial charge in [0.25, 0.3) is 0 Å². The van der Waals surface area contributed by atoms with Crippen molar-refractivity contribution in [1.82, 2.24) is 5.32 Å². The Balaban J connectivity index is 2.52. The molecule has 96 valence electrons. The van der Waals surface area contributed by atoms with Gasteiger partial charge in [0.1, 0.15) is 5.76 Å². The molecule has 0 amide bonds. The minimum Gasteiger partial charge on any atom is -0.469 e. The van der Waals surface area contributed by atoms with Gasteiger partial charge in [-0.15, -0.1) is 0 Å². The van der Waals surface area contributed by atoms with E-state index in [4.69, 9.17) is 16.0 Å². The summed E-state index contributed by atoms with van der Waals surface area (Å²) in [6.07, 6.45) is 1.71. The van der Waals surface area contributed by atoms with Crippen LogP contribution in [0.4, 0.5) is 0 Å². The number of hydrogen-bond donors (Lipinski definition) is 1. The molecule has 2 aromatic rings. The van der Waals surface area contributed by atoms with Crippen molar-refractivity contribution in [2.45, 2.75) is 26.8 Å². The molecule has 2 nitrogen and oxygen atoms in total. The van der Waals surface area contributed by atoms with Crippen LogP contribution in [0, 0.1) is 20.8 Å². The molecule has 0 fully saturated rings. The second-order valence-corrected chi connectivity index (χ2v) is 5.02. The maximum Gasteiger partial charge on any atom is 0.105 e. The van der Waals surface area contributed by atoms with Crippen LogP contribution in [-0.4, -0.2) is 7.05 Å². The van der Waals surface area contributed by atoms with Crippen LogP contribution in [0.5, 0.6) is 0 Å². The molecule has 0 aliphatic carbocycles. The third kappa shape index (κ3) is 2.31. The van der Waals surface area contributed by atoms with Gasteiger partial charge < -0.3 is 9.73 Å². The highest BCUT2D eigenvalue weighted by atomic mass is 35.5. The number of nitrogens with one attached hydrogen (secondary N) is 1. The molecule has 0 bridgehead atoms. The van der Waals surface area contributed by atoms with Crippen molar-refractivity contribution in [2.75, 3.05) is 7.05 Å². The average Bonchev–Trinajstić information content (AvgIpc) is 2.73. The Bertz CT molecular complexity index is 560. The number of furan rings is 1. The van der Waals surface area contributed by atoms with Gasteiger partial charge in [-0.25, -0.2) is 0 Å². The summed E-state index contributed by atoms with van der Waals surface area (Å²) in [5.41, 5.74) is 4.67. The lowest BCUT2D eigenvalue weighted by Crippen LogP contribution is -2.18. The fourth-order valence-electron chi connectivity index (χ4n) is 2.20. The molecule has 0 spiro atoms. The zero-order valence-electron chi connectivity index (χ0n) is 11.2. The van der Waals surface area contributed by atoms with Crippen LogP contribution in [0.1, 0.15) is 34.1 Å². The first-order chi connectivity index (χ1) is 8.54. The van der Waals surface area contributed by atoms with Gasteiger partial charge in [-0.1, -0.05) is 17.7 Å². The summed E-state index contributed by atoms with van der Waals surface area (Å²) in [7, 11) is 1.93. The molecule has 0 radical (unpaired) electrons. The Kier molecular flexibility index (Phi) is 3.79. The molecule has 1 aromatic heterocycles. The number of aryl methyl sites for hydroxylation is 3. The van der Waals surface area contributed by atoms with Gasteiger partial charge in [0.05, 0.1) is 12.3 Å². The van der Waals surface area contributed by atoms with E-state index in [1.165, 1.54) is 11.1 Å². The van der Waals surface area contributed by atoms with Gasteiger partial charge in [-0.3, -0.25) is 0 Å². The molecule has 1 unspecified atom stereocenters. The molecule has 1 N–H and O–H groups in total. The summed E-state index contributed by atoms with van der Waals surface area (Å²) in [4.78, 5) is 0. The first-order valence-corrected chi connectivity index (χ1v) is 6.40. The summed E-state index contributed by atoms with van der Waals surface area (Å²) in [6.45, 7) is 6.14. The molecule has 1 atom stereocenters. The van der Waals surface area contributed by atoms with Crippen molar-refractivity contribution < 1.29 is 4.42 Å². The molecule has 0 aliphatic rings.